The zero-order chi connectivity index (χ0) is 44.7. The molecule has 2 amide bonds. The van der Waals surface area contributed by atoms with Crippen molar-refractivity contribution in [2.24, 2.45) is 4.99 Å². The summed E-state index contributed by atoms with van der Waals surface area (Å²) in [5.41, 5.74) is 6.42. The Hall–Kier alpha value is -3.29. The second-order valence-electron chi connectivity index (χ2n) is 15.9. The molecule has 0 N–H and O–H groups in total. The quantitative estimate of drug-likeness (QED) is 0.0512. The Morgan fingerprint density at radius 3 is 2.37 bits per heavy atom. The molecule has 3 aliphatic rings. The molecule has 324 valence electrons. The van der Waals surface area contributed by atoms with Gasteiger partial charge in [-0.15, -0.1) is 29.3 Å². The first-order valence-corrected chi connectivity index (χ1v) is 22.8. The second-order valence-corrected chi connectivity index (χ2v) is 18.2. The maximum Gasteiger partial charge on any atom is 1.00 e. The number of anilines is 1. The van der Waals surface area contributed by atoms with Crippen LogP contribution in [0.2, 0.25) is 5.02 Å². The molecule has 0 atom stereocenters. The molecule has 19 heteroatoms. The molecule has 3 aromatic rings. The molecule has 1 saturated heterocycles. The van der Waals surface area contributed by atoms with Gasteiger partial charge in [0.05, 0.1) is 39.1 Å². The van der Waals surface area contributed by atoms with Crippen molar-refractivity contribution in [3.05, 3.63) is 118 Å². The van der Waals surface area contributed by atoms with E-state index in [9.17, 15) is 27.4 Å². The van der Waals surface area contributed by atoms with Crippen molar-refractivity contribution < 1.29 is 109 Å². The summed E-state index contributed by atoms with van der Waals surface area (Å²) in [5.74, 6) is -1.31. The molecular formula is C44H48ClN4Na2O10S2+. The molecule has 1 aromatic heterocycles. The zero-order valence-corrected chi connectivity index (χ0v) is 43.0. The van der Waals surface area contributed by atoms with Crippen LogP contribution in [0.25, 0.3) is 5.57 Å². The van der Waals surface area contributed by atoms with E-state index < -0.39 is 55.1 Å². The molecule has 0 unspecified atom stereocenters. The molecule has 0 radical (unpaired) electrons. The number of allylic oxidation sites excluding steroid dienone is 6. The summed E-state index contributed by atoms with van der Waals surface area (Å²) in [7, 11) is -7.50. The molecule has 1 fully saturated rings. The van der Waals surface area contributed by atoms with Gasteiger partial charge in [-0.05, 0) is 78.4 Å². The molecule has 0 bridgehead atoms. The van der Waals surface area contributed by atoms with E-state index in [-0.39, 0.29) is 84.8 Å². The summed E-state index contributed by atoms with van der Waals surface area (Å²) in [5, 5.41) is 1.21. The standard InChI is InChI=1S/C44H49ClN4O7S.2Na.O3S/c1-6-7-24-47-29-33(45)28-35-42(47)46-37(43(35,2)3)19-17-31(32-13-10-12-30(27-32)16-23-41(52)56-49-39(50)21-22-40(49)51)18-20-38-44(4,5)34-14-8-9-15-36(34)48(38)25-11-26-57(53,54)55;;;1-4(2)3/h9-10,12-15,17-20,27-29H,6-7,11,16,21-26H2,1-5H3,(H,53,54,55);;;/q;2*+1;/p-1. The van der Waals surface area contributed by atoms with Gasteiger partial charge < -0.3 is 14.3 Å². The van der Waals surface area contributed by atoms with Crippen LogP contribution in [0.3, 0.4) is 0 Å². The third kappa shape index (κ3) is 13.9. The number of unbranched alkanes of at least 4 members (excludes halogenated alkanes) is 1. The maximum absolute atomic E-state index is 12.7. The topological polar surface area (TPSA) is 192 Å². The largest absolute Gasteiger partial charge is 1.00 e. The summed E-state index contributed by atoms with van der Waals surface area (Å²) >= 11 is 6.61. The summed E-state index contributed by atoms with van der Waals surface area (Å²) in [6, 6.07) is 18.7. The SMILES string of the molecule is CCCC[n+]1cc(Cl)cc2c1N=C(/C=C/C(=C/C=C1/N(CCCS(=O)(=O)[O-])c3cc[c-]cc3C1(C)C)c1cccc(CCC(=O)ON3C(=O)CCC3=O)c1)C2(C)C.O=S(=O)=O.[Na+].[Na+]. The smallest absolute Gasteiger partial charge is 0.748 e. The first-order chi connectivity index (χ1) is 28.7. The summed E-state index contributed by atoms with van der Waals surface area (Å²) < 4.78 is 62.1. The van der Waals surface area contributed by atoms with Crippen LogP contribution in [0.4, 0.5) is 11.5 Å². The Balaban J connectivity index is 0.00000169. The van der Waals surface area contributed by atoms with Gasteiger partial charge in [0.25, 0.3) is 11.8 Å². The van der Waals surface area contributed by atoms with E-state index in [0.29, 0.717) is 23.1 Å². The Labute approximate surface area is 419 Å². The van der Waals surface area contributed by atoms with Crippen molar-refractivity contribution in [2.45, 2.75) is 96.9 Å². The number of aromatic nitrogens is 1. The van der Waals surface area contributed by atoms with Crippen molar-refractivity contribution in [1.29, 1.82) is 0 Å². The summed E-state index contributed by atoms with van der Waals surface area (Å²) in [6.07, 6.45) is 12.5. The Morgan fingerprint density at radius 1 is 1.03 bits per heavy atom. The van der Waals surface area contributed by atoms with Crippen LogP contribution in [0.15, 0.2) is 89.7 Å². The van der Waals surface area contributed by atoms with E-state index >= 15 is 0 Å². The van der Waals surface area contributed by atoms with Gasteiger partial charge in [-0.2, -0.15) is 18.2 Å². The van der Waals surface area contributed by atoms with E-state index in [2.05, 4.69) is 50.2 Å². The van der Waals surface area contributed by atoms with Crippen LogP contribution in [-0.2, 0) is 63.7 Å². The summed E-state index contributed by atoms with van der Waals surface area (Å²) in [4.78, 5) is 48.9. The van der Waals surface area contributed by atoms with Crippen molar-refractivity contribution in [2.75, 3.05) is 17.2 Å². The number of hydrogen-bond acceptors (Lipinski definition) is 12. The minimum absolute atomic E-state index is 0. The number of aryl methyl sites for hydroxylation is 2. The number of hydrogen-bond donors (Lipinski definition) is 0. The summed E-state index contributed by atoms with van der Waals surface area (Å²) in [6.45, 7) is 11.7. The number of halogens is 1. The number of aliphatic imine (C=N–C) groups is 1. The van der Waals surface area contributed by atoms with Crippen LogP contribution in [0, 0.1) is 6.07 Å². The maximum atomic E-state index is 12.7. The van der Waals surface area contributed by atoms with Gasteiger partial charge in [0.15, 0.2) is 5.71 Å². The number of nitrogens with zero attached hydrogens (tertiary/aromatic N) is 4. The predicted octanol–water partition coefficient (Wildman–Crippen LogP) is 0.392. The van der Waals surface area contributed by atoms with Crippen LogP contribution in [0.1, 0.15) is 95.4 Å². The minimum atomic E-state index is -4.39. The number of rotatable bonds is 15. The molecule has 2 aromatic carbocycles. The van der Waals surface area contributed by atoms with Crippen LogP contribution < -0.4 is 68.6 Å². The number of carbonyl (C=O) groups excluding carboxylic acids is 3. The Kier molecular flexibility index (Phi) is 19.9. The number of imide groups is 1. The van der Waals surface area contributed by atoms with Gasteiger partial charge in [-0.3, -0.25) is 9.59 Å². The van der Waals surface area contributed by atoms with E-state index in [4.69, 9.17) is 34.1 Å². The molecule has 0 spiro atoms. The fourth-order valence-electron chi connectivity index (χ4n) is 7.57. The molecule has 0 aliphatic carbocycles. The minimum Gasteiger partial charge on any atom is -0.748 e. The van der Waals surface area contributed by atoms with E-state index in [1.165, 1.54) is 0 Å². The zero-order valence-electron chi connectivity index (χ0n) is 36.6. The molecule has 6 rings (SSSR count). The van der Waals surface area contributed by atoms with Crippen molar-refractivity contribution in [1.82, 2.24) is 5.06 Å². The van der Waals surface area contributed by atoms with Gasteiger partial charge >= 0.3 is 81.5 Å². The van der Waals surface area contributed by atoms with Crippen molar-refractivity contribution in [3.63, 3.8) is 0 Å². The average molecular weight is 938 g/mol. The third-order valence-corrected chi connectivity index (χ3v) is 11.8. The van der Waals surface area contributed by atoms with E-state index in [0.717, 1.165) is 70.1 Å². The van der Waals surface area contributed by atoms with Gasteiger partial charge in [-0.1, -0.05) is 80.9 Å². The third-order valence-electron chi connectivity index (χ3n) is 10.8. The number of fused-ring (bicyclic) bond motifs is 2. The molecule has 0 saturated carbocycles. The van der Waals surface area contributed by atoms with E-state index in [1.54, 1.807) is 0 Å². The first-order valence-electron chi connectivity index (χ1n) is 19.8. The second kappa shape index (κ2) is 23.2. The van der Waals surface area contributed by atoms with Gasteiger partial charge in [0.1, 0.15) is 6.20 Å². The Bertz CT molecular complexity index is 2560. The number of benzene rings is 2. The van der Waals surface area contributed by atoms with Gasteiger partial charge in [0, 0.05) is 30.8 Å². The molecular weight excluding hydrogens is 890 g/mol. The number of amides is 2. The molecule has 63 heavy (non-hydrogen) atoms. The van der Waals surface area contributed by atoms with Crippen LogP contribution in [0.5, 0.6) is 0 Å². The predicted molar refractivity (Wildman–Crippen MR) is 228 cm³/mol. The number of hydroxylamine groups is 2. The average Bonchev–Trinajstić information content (AvgIpc) is 3.72. The van der Waals surface area contributed by atoms with Crippen molar-refractivity contribution >= 4 is 72.9 Å². The first kappa shape index (κ1) is 54.0. The normalized spacial score (nSPS) is 16.8. The van der Waals surface area contributed by atoms with Crippen molar-refractivity contribution in [3.8, 4) is 0 Å². The number of carbonyl (C=O) groups is 3. The molecule has 14 nitrogen and oxygen atoms in total. The van der Waals surface area contributed by atoms with E-state index in [1.807, 2.05) is 79.0 Å². The Morgan fingerprint density at radius 2 is 1.71 bits per heavy atom. The number of pyridine rings is 1. The monoisotopic (exact) mass is 937 g/mol. The van der Waals surface area contributed by atoms with Gasteiger partial charge in [-0.25, -0.2) is 17.8 Å². The fourth-order valence-corrected chi connectivity index (χ4v) is 8.28. The molecule has 3 aliphatic heterocycles. The van der Waals surface area contributed by atoms with Gasteiger partial charge in [0.2, 0.25) is 0 Å². The fraction of sp³-hybridized carbons (Fsp3) is 0.386. The molecule has 4 heterocycles. The van der Waals surface area contributed by atoms with Crippen LogP contribution >= 0.6 is 11.6 Å². The van der Waals surface area contributed by atoms with Crippen LogP contribution in [-0.4, -0.2) is 66.5 Å².